The van der Waals surface area contributed by atoms with Crippen molar-refractivity contribution in [1.82, 2.24) is 9.78 Å². The summed E-state index contributed by atoms with van der Waals surface area (Å²) in [7, 11) is 0. The zero-order valence-electron chi connectivity index (χ0n) is 19.0. The van der Waals surface area contributed by atoms with Crippen LogP contribution < -0.4 is 10.5 Å². The van der Waals surface area contributed by atoms with E-state index in [9.17, 15) is 30.3 Å². The second kappa shape index (κ2) is 7.22. The fraction of sp³-hybridized carbons (Fsp3) is 0.0800. The van der Waals surface area contributed by atoms with Gasteiger partial charge in [0.2, 0.25) is 11.8 Å². The number of ether oxygens (including phenoxy) is 1. The SMILES string of the molecule is Cc1nn(-c2ccc([N+](=O)[O-])cc2[N+](=O)[O-])c2c1C1(C(=O)c3cccc4cccc1c34)C(C#N)=C(N)O2. The largest absolute Gasteiger partial charge is 0.422 e. The highest BCUT2D eigenvalue weighted by atomic mass is 16.6. The lowest BCUT2D eigenvalue weighted by molar-refractivity contribution is -0.394. The number of nitro benzene ring substituents is 2. The number of fused-ring (bicyclic) bond motifs is 3. The molecule has 12 heteroatoms. The van der Waals surface area contributed by atoms with Gasteiger partial charge in [-0.05, 0) is 29.3 Å². The molecule has 6 rings (SSSR count). The van der Waals surface area contributed by atoms with Crippen LogP contribution in [0.3, 0.4) is 0 Å². The normalized spacial score (nSPS) is 17.6. The lowest BCUT2D eigenvalue weighted by Crippen LogP contribution is -2.41. The van der Waals surface area contributed by atoms with Gasteiger partial charge < -0.3 is 10.5 Å². The quantitative estimate of drug-likeness (QED) is 0.328. The van der Waals surface area contributed by atoms with Gasteiger partial charge in [-0.25, -0.2) is 0 Å². The van der Waals surface area contributed by atoms with E-state index in [1.54, 1.807) is 31.2 Å². The molecule has 0 fully saturated rings. The number of benzene rings is 3. The monoisotopic (exact) mass is 494 g/mol. The molecule has 2 heterocycles. The van der Waals surface area contributed by atoms with E-state index in [1.807, 2.05) is 18.2 Å². The third-order valence-electron chi connectivity index (χ3n) is 6.82. The van der Waals surface area contributed by atoms with Crippen LogP contribution in [0.15, 0.2) is 66.1 Å². The Balaban J connectivity index is 1.72. The van der Waals surface area contributed by atoms with Gasteiger partial charge in [-0.2, -0.15) is 15.0 Å². The Kier molecular flexibility index (Phi) is 4.28. The Hall–Kier alpha value is -5.57. The minimum absolute atomic E-state index is 0.0934. The Labute approximate surface area is 207 Å². The van der Waals surface area contributed by atoms with E-state index in [2.05, 4.69) is 5.10 Å². The molecule has 2 aliphatic rings. The molecule has 0 saturated carbocycles. The summed E-state index contributed by atoms with van der Waals surface area (Å²) >= 11 is 0. The Morgan fingerprint density at radius 1 is 1.11 bits per heavy atom. The van der Waals surface area contributed by atoms with Crippen LogP contribution in [-0.4, -0.2) is 25.4 Å². The van der Waals surface area contributed by atoms with E-state index in [4.69, 9.17) is 10.5 Å². The summed E-state index contributed by atoms with van der Waals surface area (Å²) < 4.78 is 6.90. The van der Waals surface area contributed by atoms with Crippen LogP contribution in [0.25, 0.3) is 16.5 Å². The van der Waals surface area contributed by atoms with Crippen LogP contribution in [0.4, 0.5) is 11.4 Å². The van der Waals surface area contributed by atoms with Crippen molar-refractivity contribution >= 4 is 27.9 Å². The van der Waals surface area contributed by atoms with E-state index in [1.165, 1.54) is 6.07 Å². The summed E-state index contributed by atoms with van der Waals surface area (Å²) in [6.07, 6.45) is 0. The van der Waals surface area contributed by atoms with Gasteiger partial charge in [0.25, 0.3) is 5.69 Å². The topological polar surface area (TPSA) is 180 Å². The van der Waals surface area contributed by atoms with Gasteiger partial charge >= 0.3 is 5.69 Å². The maximum atomic E-state index is 14.2. The number of hydrogen-bond acceptors (Lipinski definition) is 9. The molecule has 1 aliphatic carbocycles. The van der Waals surface area contributed by atoms with Gasteiger partial charge in [0, 0.05) is 11.6 Å². The van der Waals surface area contributed by atoms with Gasteiger partial charge in [0.1, 0.15) is 22.7 Å². The first-order chi connectivity index (χ1) is 17.7. The number of ketones is 1. The van der Waals surface area contributed by atoms with Gasteiger partial charge in [0.15, 0.2) is 5.78 Å². The number of non-ortho nitro benzene ring substituents is 1. The van der Waals surface area contributed by atoms with Gasteiger partial charge in [-0.1, -0.05) is 36.4 Å². The van der Waals surface area contributed by atoms with Crippen LogP contribution >= 0.6 is 0 Å². The van der Waals surface area contributed by atoms with Crippen molar-refractivity contribution < 1.29 is 19.4 Å². The molecule has 0 radical (unpaired) electrons. The van der Waals surface area contributed by atoms with Crippen LogP contribution in [-0.2, 0) is 5.41 Å². The number of rotatable bonds is 3. The highest BCUT2D eigenvalue weighted by Crippen LogP contribution is 2.56. The van der Waals surface area contributed by atoms with Crippen molar-refractivity contribution in [2.45, 2.75) is 12.3 Å². The van der Waals surface area contributed by atoms with Crippen molar-refractivity contribution in [1.29, 1.82) is 5.26 Å². The number of Topliss-reactive ketones (excluding diaryl/α,β-unsaturated/α-hetero) is 1. The molecule has 1 aromatic heterocycles. The average molecular weight is 494 g/mol. The summed E-state index contributed by atoms with van der Waals surface area (Å²) in [5, 5.41) is 39.1. The summed E-state index contributed by atoms with van der Waals surface area (Å²) in [5.74, 6) is -0.841. The maximum Gasteiger partial charge on any atom is 0.301 e. The molecule has 1 spiro atoms. The van der Waals surface area contributed by atoms with Gasteiger partial charge in [-0.3, -0.25) is 25.0 Å². The first-order valence-corrected chi connectivity index (χ1v) is 10.9. The van der Waals surface area contributed by atoms with Crippen molar-refractivity contribution in [3.8, 4) is 17.6 Å². The summed E-state index contributed by atoms with van der Waals surface area (Å²) in [5.41, 5.74) is 4.61. The number of aromatic nitrogens is 2. The first-order valence-electron chi connectivity index (χ1n) is 10.9. The number of hydrogen-bond donors (Lipinski definition) is 1. The first kappa shape index (κ1) is 21.9. The zero-order valence-corrected chi connectivity index (χ0v) is 19.0. The molecule has 0 bridgehead atoms. The number of nitrogens with zero attached hydrogens (tertiary/aromatic N) is 5. The van der Waals surface area contributed by atoms with Gasteiger partial charge in [0.05, 0.1) is 27.2 Å². The molecule has 1 atom stereocenters. The number of aryl methyl sites for hydroxylation is 1. The molecule has 37 heavy (non-hydrogen) atoms. The molecule has 1 unspecified atom stereocenters. The second-order valence-electron chi connectivity index (χ2n) is 8.61. The van der Waals surface area contributed by atoms with E-state index in [-0.39, 0.29) is 34.3 Å². The molecular weight excluding hydrogens is 480 g/mol. The average Bonchev–Trinajstić information content (AvgIpc) is 3.33. The second-order valence-corrected chi connectivity index (χ2v) is 8.61. The number of nitrogens with two attached hydrogens (primary N) is 1. The Bertz CT molecular complexity index is 1830. The van der Waals surface area contributed by atoms with Gasteiger partial charge in [-0.15, -0.1) is 0 Å². The minimum atomic E-state index is -1.69. The van der Waals surface area contributed by atoms with E-state index < -0.39 is 32.4 Å². The lowest BCUT2D eigenvalue weighted by atomic mass is 9.68. The molecule has 12 nitrogen and oxygen atoms in total. The zero-order chi connectivity index (χ0) is 26.2. The molecule has 1 aliphatic heterocycles. The van der Waals surface area contributed by atoms with Crippen LogP contribution in [0, 0.1) is 38.5 Å². The molecule has 4 aromatic rings. The number of nitro groups is 2. The fourth-order valence-corrected chi connectivity index (χ4v) is 5.41. The predicted octanol–water partition coefficient (Wildman–Crippen LogP) is 3.72. The van der Waals surface area contributed by atoms with Crippen molar-refractivity contribution in [2.24, 2.45) is 5.73 Å². The van der Waals surface area contributed by atoms with Crippen LogP contribution in [0.5, 0.6) is 5.88 Å². The molecule has 180 valence electrons. The molecule has 3 aromatic carbocycles. The number of allylic oxidation sites excluding steroid dienone is 1. The maximum absolute atomic E-state index is 14.2. The number of carbonyl (C=O) groups is 1. The fourth-order valence-electron chi connectivity index (χ4n) is 5.41. The molecule has 2 N–H and O–H groups in total. The molecular formula is C25H14N6O6. The third-order valence-corrected chi connectivity index (χ3v) is 6.82. The van der Waals surface area contributed by atoms with Crippen molar-refractivity contribution in [3.05, 3.63) is 109 Å². The number of nitriles is 1. The standard InChI is InChI=1S/C25H14N6O6/c1-12-21-24(29(28-12)18-9-8-14(30(33)34)10-19(18)31(35)36)37-23(27)17(11-26)25(21)16-7-3-5-13-4-2-6-15(20(13)16)22(25)32/h2-10H,27H2,1H3. The lowest BCUT2D eigenvalue weighted by Gasteiger charge is -2.33. The summed E-state index contributed by atoms with van der Waals surface area (Å²) in [6, 6.07) is 15.8. The van der Waals surface area contributed by atoms with Crippen molar-refractivity contribution in [3.63, 3.8) is 0 Å². The summed E-state index contributed by atoms with van der Waals surface area (Å²) in [4.78, 5) is 35.8. The summed E-state index contributed by atoms with van der Waals surface area (Å²) in [6.45, 7) is 1.59. The Morgan fingerprint density at radius 3 is 2.51 bits per heavy atom. The number of carbonyl (C=O) groups excluding carboxylic acids is 1. The van der Waals surface area contributed by atoms with E-state index >= 15 is 0 Å². The predicted molar refractivity (Wildman–Crippen MR) is 128 cm³/mol. The van der Waals surface area contributed by atoms with Crippen molar-refractivity contribution in [2.75, 3.05) is 0 Å². The van der Waals surface area contributed by atoms with Crippen LogP contribution in [0.1, 0.15) is 27.2 Å². The molecule has 0 amide bonds. The smallest absolute Gasteiger partial charge is 0.301 e. The highest BCUT2D eigenvalue weighted by molar-refractivity contribution is 6.24. The highest BCUT2D eigenvalue weighted by Gasteiger charge is 2.58. The van der Waals surface area contributed by atoms with E-state index in [0.29, 0.717) is 16.5 Å². The third kappa shape index (κ3) is 2.59. The molecule has 0 saturated heterocycles. The minimum Gasteiger partial charge on any atom is -0.422 e. The van der Waals surface area contributed by atoms with E-state index in [0.717, 1.165) is 22.2 Å². The van der Waals surface area contributed by atoms with Crippen LogP contribution in [0.2, 0.25) is 0 Å². The Morgan fingerprint density at radius 2 is 1.84 bits per heavy atom.